The zero-order valence-electron chi connectivity index (χ0n) is 15.4. The van der Waals surface area contributed by atoms with Gasteiger partial charge < -0.3 is 36.2 Å². The Kier molecular flexibility index (Phi) is 16.8. The standard InChI is InChI=1S/C11H21NO4.C6H14N2.Pt/c1-3-12(4-2)7-5-6-9(11(15)16)8-10(13)14;7-5-3-1-2-4-6(5)8;/h9H,3-8H2,1-2H3,(H,13,14)(H,15,16);5-6H,1-4,7-8H2;/q;;+2/p-2. The van der Waals surface area contributed by atoms with Gasteiger partial charge in [0.2, 0.25) is 0 Å². The molecule has 0 heterocycles. The molecule has 0 aromatic rings. The number of carboxylic acids is 2. The molecule has 7 nitrogen and oxygen atoms in total. The summed E-state index contributed by atoms with van der Waals surface area (Å²) in [5.41, 5.74) is 11.3. The van der Waals surface area contributed by atoms with Crippen molar-refractivity contribution in [2.45, 2.75) is 70.9 Å². The van der Waals surface area contributed by atoms with Crippen LogP contribution in [0.4, 0.5) is 0 Å². The van der Waals surface area contributed by atoms with Crippen molar-refractivity contribution in [2.75, 3.05) is 19.6 Å². The van der Waals surface area contributed by atoms with E-state index in [4.69, 9.17) is 11.5 Å². The minimum absolute atomic E-state index is 0. The zero-order chi connectivity index (χ0) is 18.5. The van der Waals surface area contributed by atoms with Gasteiger partial charge in [0, 0.05) is 29.9 Å². The summed E-state index contributed by atoms with van der Waals surface area (Å²) >= 11 is 0. The molecule has 0 aliphatic heterocycles. The zero-order valence-corrected chi connectivity index (χ0v) is 17.6. The molecule has 8 heteroatoms. The first kappa shape index (κ1) is 26.7. The molecular weight excluding hydrogens is 505 g/mol. The third-order valence-corrected chi connectivity index (χ3v) is 4.54. The van der Waals surface area contributed by atoms with E-state index in [1.54, 1.807) is 0 Å². The van der Waals surface area contributed by atoms with Gasteiger partial charge in [-0.25, -0.2) is 0 Å². The van der Waals surface area contributed by atoms with Crippen molar-refractivity contribution in [1.29, 1.82) is 0 Å². The Morgan fingerprint density at radius 2 is 1.56 bits per heavy atom. The average Bonchev–Trinajstić information content (AvgIpc) is 2.53. The van der Waals surface area contributed by atoms with Gasteiger partial charge in [-0.3, -0.25) is 0 Å². The first-order valence-corrected chi connectivity index (χ1v) is 8.95. The second kappa shape index (κ2) is 15.7. The van der Waals surface area contributed by atoms with Crippen LogP contribution in [0.1, 0.15) is 58.8 Å². The summed E-state index contributed by atoms with van der Waals surface area (Å²) in [6.45, 7) is 6.66. The van der Waals surface area contributed by atoms with Gasteiger partial charge in [-0.2, -0.15) is 0 Å². The molecular formula is C17H33N3O4Pt. The maximum absolute atomic E-state index is 10.6. The molecule has 1 rings (SSSR count). The van der Waals surface area contributed by atoms with Crippen LogP contribution in [-0.4, -0.2) is 48.6 Å². The van der Waals surface area contributed by atoms with Crippen molar-refractivity contribution in [3.05, 3.63) is 0 Å². The molecule has 1 fully saturated rings. The van der Waals surface area contributed by atoms with Gasteiger partial charge in [0.15, 0.2) is 0 Å². The second-order valence-corrected chi connectivity index (χ2v) is 6.37. The molecule has 0 aromatic carbocycles. The summed E-state index contributed by atoms with van der Waals surface area (Å²) in [4.78, 5) is 23.1. The van der Waals surface area contributed by atoms with Crippen LogP contribution >= 0.6 is 0 Å². The number of carboxylic acid groups (broad SMARTS) is 2. The summed E-state index contributed by atoms with van der Waals surface area (Å²) in [7, 11) is 0. The summed E-state index contributed by atoms with van der Waals surface area (Å²) in [5, 5.41) is 20.9. The van der Waals surface area contributed by atoms with Crippen molar-refractivity contribution < 1.29 is 40.9 Å². The van der Waals surface area contributed by atoms with Crippen LogP contribution in [-0.2, 0) is 30.7 Å². The third-order valence-electron chi connectivity index (χ3n) is 4.54. The van der Waals surface area contributed by atoms with E-state index in [2.05, 4.69) is 4.90 Å². The predicted molar refractivity (Wildman–Crippen MR) is 89.6 cm³/mol. The molecule has 4 N–H and O–H groups in total. The monoisotopic (exact) mass is 538 g/mol. The summed E-state index contributed by atoms with van der Waals surface area (Å²) in [6, 6.07) is 0.562. The van der Waals surface area contributed by atoms with E-state index < -0.39 is 24.3 Å². The van der Waals surface area contributed by atoms with E-state index in [-0.39, 0.29) is 33.1 Å². The quantitative estimate of drug-likeness (QED) is 0.378. The molecule has 150 valence electrons. The third kappa shape index (κ3) is 13.4. The molecule has 0 radical (unpaired) electrons. The van der Waals surface area contributed by atoms with Crippen LogP contribution in [0.5, 0.6) is 0 Å². The Morgan fingerprint density at radius 3 is 1.88 bits per heavy atom. The molecule has 1 aliphatic rings. The SMILES string of the molecule is CCN(CC)CCCC(CC(=O)[O-])C(=O)[O-].NC1CCCCC1N.[Pt+2]. The van der Waals surface area contributed by atoms with Gasteiger partial charge in [0.05, 0.1) is 0 Å². The van der Waals surface area contributed by atoms with Gasteiger partial charge in [0.25, 0.3) is 0 Å². The first-order chi connectivity index (χ1) is 11.3. The number of hydrogen-bond acceptors (Lipinski definition) is 7. The number of hydrogen-bond donors (Lipinski definition) is 2. The first-order valence-electron chi connectivity index (χ1n) is 8.95. The van der Waals surface area contributed by atoms with Gasteiger partial charge in [-0.15, -0.1) is 0 Å². The van der Waals surface area contributed by atoms with E-state index in [9.17, 15) is 19.8 Å². The second-order valence-electron chi connectivity index (χ2n) is 6.37. The van der Waals surface area contributed by atoms with Gasteiger partial charge in [0.1, 0.15) is 0 Å². The molecule has 3 atom stereocenters. The maximum Gasteiger partial charge on any atom is 2.00 e. The summed E-state index contributed by atoms with van der Waals surface area (Å²) in [5.74, 6) is -3.57. The summed E-state index contributed by atoms with van der Waals surface area (Å²) in [6.07, 6.45) is 5.33. The van der Waals surface area contributed by atoms with Crippen molar-refractivity contribution in [1.82, 2.24) is 4.90 Å². The molecule has 0 saturated heterocycles. The average molecular weight is 539 g/mol. The predicted octanol–water partition coefficient (Wildman–Crippen LogP) is -1.17. The maximum atomic E-state index is 10.6. The Bertz CT molecular complexity index is 358. The van der Waals surface area contributed by atoms with Gasteiger partial charge >= 0.3 is 21.1 Å². The van der Waals surface area contributed by atoms with Crippen LogP contribution in [0.3, 0.4) is 0 Å². The van der Waals surface area contributed by atoms with E-state index in [0.717, 1.165) is 32.5 Å². The van der Waals surface area contributed by atoms with E-state index >= 15 is 0 Å². The molecule has 25 heavy (non-hydrogen) atoms. The normalized spacial score (nSPS) is 20.8. The van der Waals surface area contributed by atoms with Crippen LogP contribution in [0.2, 0.25) is 0 Å². The number of nitrogens with two attached hydrogens (primary N) is 2. The number of carbonyl (C=O) groups excluding carboxylic acids is 2. The minimum atomic E-state index is -1.34. The number of rotatable bonds is 9. The number of carbonyl (C=O) groups is 2. The number of nitrogens with zero attached hydrogens (tertiary/aromatic N) is 1. The van der Waals surface area contributed by atoms with Crippen molar-refractivity contribution in [3.63, 3.8) is 0 Å². The summed E-state index contributed by atoms with van der Waals surface area (Å²) < 4.78 is 0. The Balaban J connectivity index is 0. The molecule has 0 aromatic heterocycles. The van der Waals surface area contributed by atoms with E-state index in [0.29, 0.717) is 12.8 Å². The van der Waals surface area contributed by atoms with Crippen LogP contribution in [0.25, 0.3) is 0 Å². The fourth-order valence-electron chi connectivity index (χ4n) is 2.79. The van der Waals surface area contributed by atoms with E-state index in [1.807, 2.05) is 13.8 Å². The largest absolute Gasteiger partial charge is 2.00 e. The van der Waals surface area contributed by atoms with Crippen molar-refractivity contribution >= 4 is 11.9 Å². The van der Waals surface area contributed by atoms with E-state index in [1.165, 1.54) is 12.8 Å². The van der Waals surface area contributed by atoms with Gasteiger partial charge in [-0.05, 0) is 51.7 Å². The molecule has 1 saturated carbocycles. The Labute approximate surface area is 165 Å². The van der Waals surface area contributed by atoms with Gasteiger partial charge in [-0.1, -0.05) is 26.7 Å². The molecule has 0 spiro atoms. The smallest absolute Gasteiger partial charge is 0.550 e. The van der Waals surface area contributed by atoms with Crippen molar-refractivity contribution in [3.8, 4) is 0 Å². The van der Waals surface area contributed by atoms with Crippen LogP contribution in [0.15, 0.2) is 0 Å². The van der Waals surface area contributed by atoms with Crippen molar-refractivity contribution in [2.24, 2.45) is 17.4 Å². The fraction of sp³-hybridized carbons (Fsp3) is 0.882. The van der Waals surface area contributed by atoms with Crippen LogP contribution in [0, 0.1) is 5.92 Å². The molecule has 3 unspecified atom stereocenters. The topological polar surface area (TPSA) is 136 Å². The van der Waals surface area contributed by atoms with Crippen LogP contribution < -0.4 is 21.7 Å². The molecule has 1 aliphatic carbocycles. The molecule has 0 bridgehead atoms. The molecule has 0 amide bonds. The number of aliphatic carboxylic acids is 2. The minimum Gasteiger partial charge on any atom is -0.550 e. The Morgan fingerprint density at radius 1 is 1.08 bits per heavy atom. The fourth-order valence-corrected chi connectivity index (χ4v) is 2.79. The Hall–Kier alpha value is -0.492.